The van der Waals surface area contributed by atoms with Gasteiger partial charge >= 0.3 is 0 Å². The fourth-order valence-corrected chi connectivity index (χ4v) is 2.00. The number of benzene rings is 1. The van der Waals surface area contributed by atoms with Gasteiger partial charge in [-0.05, 0) is 26.0 Å². The molecule has 0 amide bonds. The van der Waals surface area contributed by atoms with Gasteiger partial charge in [0.2, 0.25) is 0 Å². The second kappa shape index (κ2) is 5.33. The average molecular weight is 280 g/mol. The number of aliphatic hydroxyl groups is 1. The number of nitro groups is 1. The molecule has 0 saturated carbocycles. The molecule has 0 spiro atoms. The van der Waals surface area contributed by atoms with Crippen molar-refractivity contribution in [2.24, 2.45) is 0 Å². The van der Waals surface area contributed by atoms with Crippen molar-refractivity contribution in [3.8, 4) is 11.4 Å². The number of hydrogen-bond acceptors (Lipinski definition) is 5. The lowest BCUT2D eigenvalue weighted by atomic mass is 10.1. The summed E-state index contributed by atoms with van der Waals surface area (Å²) in [5, 5.41) is 27.9. The Balaban J connectivity index is 2.69. The van der Waals surface area contributed by atoms with Crippen LogP contribution >= 0.6 is 0 Å². The minimum Gasteiger partial charge on any atom is -0.388 e. The van der Waals surface area contributed by atoms with Gasteiger partial charge in [-0.25, -0.2) is 4.39 Å². The van der Waals surface area contributed by atoms with E-state index < -0.39 is 10.7 Å². The number of nitro benzene ring substituents is 1. The van der Waals surface area contributed by atoms with E-state index in [-0.39, 0.29) is 29.7 Å². The van der Waals surface area contributed by atoms with Crippen molar-refractivity contribution in [3.05, 3.63) is 40.0 Å². The molecule has 2 aromatic rings. The lowest BCUT2D eigenvalue weighted by Crippen LogP contribution is -2.09. The Morgan fingerprint density at radius 3 is 2.70 bits per heavy atom. The van der Waals surface area contributed by atoms with Gasteiger partial charge in [0.15, 0.2) is 11.6 Å². The molecule has 0 atom stereocenters. The molecule has 1 heterocycles. The predicted molar refractivity (Wildman–Crippen MR) is 68.4 cm³/mol. The lowest BCUT2D eigenvalue weighted by molar-refractivity contribution is -0.384. The lowest BCUT2D eigenvalue weighted by Gasteiger charge is -2.13. The number of hydrogen-bond donors (Lipinski definition) is 1. The van der Waals surface area contributed by atoms with Gasteiger partial charge in [-0.2, -0.15) is 0 Å². The molecule has 20 heavy (non-hydrogen) atoms. The van der Waals surface area contributed by atoms with Crippen LogP contribution in [0.4, 0.5) is 10.1 Å². The predicted octanol–water partition coefficient (Wildman–Crippen LogP) is 2.07. The summed E-state index contributed by atoms with van der Waals surface area (Å²) in [6.45, 7) is 3.34. The van der Waals surface area contributed by atoms with Gasteiger partial charge in [0.05, 0.1) is 16.6 Å². The van der Waals surface area contributed by atoms with Gasteiger partial charge in [0.25, 0.3) is 5.69 Å². The maximum atomic E-state index is 13.2. The summed E-state index contributed by atoms with van der Waals surface area (Å²) in [5.41, 5.74) is -0.221. The third kappa shape index (κ3) is 2.37. The molecule has 0 aliphatic carbocycles. The second-order valence-electron chi connectivity index (χ2n) is 4.48. The number of halogens is 1. The van der Waals surface area contributed by atoms with Gasteiger partial charge < -0.3 is 9.67 Å². The largest absolute Gasteiger partial charge is 0.388 e. The first-order valence-electron chi connectivity index (χ1n) is 5.94. The molecule has 0 radical (unpaired) electrons. The Bertz CT molecular complexity index is 654. The fourth-order valence-electron chi connectivity index (χ4n) is 2.00. The first kappa shape index (κ1) is 14.1. The molecule has 1 aromatic carbocycles. The summed E-state index contributed by atoms with van der Waals surface area (Å²) in [6, 6.07) is 3.15. The van der Waals surface area contributed by atoms with Gasteiger partial charge in [-0.1, -0.05) is 0 Å². The molecule has 0 fully saturated rings. The highest BCUT2D eigenvalue weighted by Crippen LogP contribution is 2.31. The minimum atomic E-state index is -0.696. The normalized spacial score (nSPS) is 11.1. The van der Waals surface area contributed by atoms with Gasteiger partial charge in [-0.3, -0.25) is 10.1 Å². The highest BCUT2D eigenvalue weighted by Gasteiger charge is 2.23. The van der Waals surface area contributed by atoms with E-state index in [1.807, 2.05) is 13.8 Å². The monoisotopic (exact) mass is 280 g/mol. The summed E-state index contributed by atoms with van der Waals surface area (Å²) < 4.78 is 14.8. The molecule has 7 nitrogen and oxygen atoms in total. The standard InChI is InChI=1S/C12H13FN4O3/c1-7(2)16-11(6-18)14-15-12(16)9-4-3-8(13)5-10(9)17(19)20/h3-5,7,18H,6H2,1-2H3. The number of aliphatic hydroxyl groups excluding tert-OH is 1. The van der Waals surface area contributed by atoms with Crippen molar-refractivity contribution in [2.75, 3.05) is 0 Å². The first-order chi connectivity index (χ1) is 9.45. The van der Waals surface area contributed by atoms with Crippen LogP contribution in [-0.4, -0.2) is 24.8 Å². The van der Waals surface area contributed by atoms with E-state index in [1.165, 1.54) is 6.07 Å². The van der Waals surface area contributed by atoms with E-state index in [0.717, 1.165) is 12.1 Å². The Hall–Kier alpha value is -2.35. The molecule has 106 valence electrons. The minimum absolute atomic E-state index is 0.105. The number of rotatable bonds is 4. The van der Waals surface area contributed by atoms with Crippen molar-refractivity contribution in [3.63, 3.8) is 0 Å². The molecule has 0 unspecified atom stereocenters. The van der Waals surface area contributed by atoms with Crippen LogP contribution in [0.2, 0.25) is 0 Å². The molecular weight excluding hydrogens is 267 g/mol. The van der Waals surface area contributed by atoms with Crippen LogP contribution in [0.3, 0.4) is 0 Å². The molecule has 0 saturated heterocycles. The van der Waals surface area contributed by atoms with Crippen molar-refractivity contribution in [1.82, 2.24) is 14.8 Å². The summed E-state index contributed by atoms with van der Waals surface area (Å²) >= 11 is 0. The molecule has 1 aromatic heterocycles. The maximum absolute atomic E-state index is 13.2. The van der Waals surface area contributed by atoms with E-state index in [2.05, 4.69) is 10.2 Å². The molecule has 2 rings (SSSR count). The van der Waals surface area contributed by atoms with E-state index >= 15 is 0 Å². The fraction of sp³-hybridized carbons (Fsp3) is 0.333. The van der Waals surface area contributed by atoms with E-state index in [0.29, 0.717) is 5.82 Å². The SMILES string of the molecule is CC(C)n1c(CO)nnc1-c1ccc(F)cc1[N+](=O)[O-]. The van der Waals surface area contributed by atoms with Crippen LogP contribution in [0.15, 0.2) is 18.2 Å². The summed E-state index contributed by atoms with van der Waals surface area (Å²) in [5.74, 6) is -0.164. The van der Waals surface area contributed by atoms with Gasteiger partial charge in [-0.15, -0.1) is 10.2 Å². The van der Waals surface area contributed by atoms with Gasteiger partial charge in [0.1, 0.15) is 12.4 Å². The van der Waals surface area contributed by atoms with Crippen LogP contribution < -0.4 is 0 Å². The van der Waals surface area contributed by atoms with Crippen LogP contribution in [-0.2, 0) is 6.61 Å². The highest BCUT2D eigenvalue weighted by atomic mass is 19.1. The second-order valence-corrected chi connectivity index (χ2v) is 4.48. The molecule has 1 N–H and O–H groups in total. The highest BCUT2D eigenvalue weighted by molar-refractivity contribution is 5.68. The zero-order valence-corrected chi connectivity index (χ0v) is 10.9. The zero-order valence-electron chi connectivity index (χ0n) is 10.9. The zero-order chi connectivity index (χ0) is 14.9. The van der Waals surface area contributed by atoms with E-state index in [4.69, 9.17) is 0 Å². The topological polar surface area (TPSA) is 94.1 Å². The van der Waals surface area contributed by atoms with Crippen LogP contribution in [0.5, 0.6) is 0 Å². The Labute approximate surface area is 113 Å². The Morgan fingerprint density at radius 1 is 1.45 bits per heavy atom. The Kier molecular flexibility index (Phi) is 3.75. The smallest absolute Gasteiger partial charge is 0.283 e. The van der Waals surface area contributed by atoms with Crippen molar-refractivity contribution < 1.29 is 14.4 Å². The van der Waals surface area contributed by atoms with Crippen LogP contribution in [0.25, 0.3) is 11.4 Å². The molecule has 0 aliphatic rings. The quantitative estimate of drug-likeness (QED) is 0.683. The number of aromatic nitrogens is 3. The van der Waals surface area contributed by atoms with Crippen LogP contribution in [0.1, 0.15) is 25.7 Å². The van der Waals surface area contributed by atoms with Gasteiger partial charge in [0, 0.05) is 6.04 Å². The molecular formula is C12H13FN4O3. The number of nitrogens with zero attached hydrogens (tertiary/aromatic N) is 4. The summed E-state index contributed by atoms with van der Waals surface area (Å²) in [6.07, 6.45) is 0. The van der Waals surface area contributed by atoms with Crippen molar-refractivity contribution in [1.29, 1.82) is 0 Å². The Morgan fingerprint density at radius 2 is 2.15 bits per heavy atom. The third-order valence-electron chi connectivity index (χ3n) is 2.82. The van der Waals surface area contributed by atoms with Crippen molar-refractivity contribution in [2.45, 2.75) is 26.5 Å². The third-order valence-corrected chi connectivity index (χ3v) is 2.82. The molecule has 0 aliphatic heterocycles. The molecule has 0 bridgehead atoms. The van der Waals surface area contributed by atoms with Crippen LogP contribution in [0, 0.1) is 15.9 Å². The summed E-state index contributed by atoms with van der Waals surface area (Å²) in [4.78, 5) is 10.4. The van der Waals surface area contributed by atoms with Crippen molar-refractivity contribution >= 4 is 5.69 Å². The average Bonchev–Trinajstić information content (AvgIpc) is 2.82. The summed E-state index contributed by atoms with van der Waals surface area (Å²) in [7, 11) is 0. The first-order valence-corrected chi connectivity index (χ1v) is 5.94. The molecule has 8 heteroatoms. The van der Waals surface area contributed by atoms with E-state index in [9.17, 15) is 19.6 Å². The van der Waals surface area contributed by atoms with E-state index in [1.54, 1.807) is 4.57 Å². The maximum Gasteiger partial charge on any atom is 0.283 e.